The summed E-state index contributed by atoms with van der Waals surface area (Å²) < 4.78 is 16.6. The van der Waals surface area contributed by atoms with Crippen LogP contribution in [0.25, 0.3) is 17.4 Å². The average Bonchev–Trinajstić information content (AvgIpc) is 3.21. The second kappa shape index (κ2) is 7.40. The van der Waals surface area contributed by atoms with Gasteiger partial charge in [0.25, 0.3) is 5.69 Å². The Morgan fingerprint density at radius 3 is 2.46 bits per heavy atom. The number of carbonyl (C=O) groups excluding carboxylic acids is 1. The Hall–Kier alpha value is -3.87. The van der Waals surface area contributed by atoms with Gasteiger partial charge in [0.1, 0.15) is 24.7 Å². The smallest absolute Gasteiger partial charge is 0.269 e. The molecule has 0 unspecified atom stereocenters. The van der Waals surface area contributed by atoms with Gasteiger partial charge in [0.2, 0.25) is 0 Å². The Morgan fingerprint density at radius 1 is 0.964 bits per heavy atom. The van der Waals surface area contributed by atoms with Gasteiger partial charge < -0.3 is 13.9 Å². The zero-order valence-corrected chi connectivity index (χ0v) is 14.7. The van der Waals surface area contributed by atoms with Gasteiger partial charge in [-0.1, -0.05) is 0 Å². The van der Waals surface area contributed by atoms with Gasteiger partial charge in [0.05, 0.1) is 4.92 Å². The van der Waals surface area contributed by atoms with Crippen molar-refractivity contribution in [1.82, 2.24) is 0 Å². The monoisotopic (exact) mass is 377 g/mol. The van der Waals surface area contributed by atoms with Crippen molar-refractivity contribution < 1.29 is 23.6 Å². The minimum Gasteiger partial charge on any atom is -0.486 e. The number of benzene rings is 2. The maximum atomic E-state index is 12.4. The largest absolute Gasteiger partial charge is 0.486 e. The molecule has 28 heavy (non-hydrogen) atoms. The molecule has 2 heterocycles. The van der Waals surface area contributed by atoms with Crippen LogP contribution in [0.1, 0.15) is 16.1 Å². The van der Waals surface area contributed by atoms with Crippen LogP contribution < -0.4 is 9.47 Å². The fraction of sp³-hybridized carbons (Fsp3) is 0.0952. The summed E-state index contributed by atoms with van der Waals surface area (Å²) in [7, 11) is 0. The van der Waals surface area contributed by atoms with Crippen LogP contribution in [0.5, 0.6) is 11.5 Å². The van der Waals surface area contributed by atoms with Gasteiger partial charge >= 0.3 is 0 Å². The summed E-state index contributed by atoms with van der Waals surface area (Å²) in [5.74, 6) is 2.06. The Bertz CT molecular complexity index is 1060. The predicted molar refractivity (Wildman–Crippen MR) is 102 cm³/mol. The van der Waals surface area contributed by atoms with Crippen LogP contribution in [0, 0.1) is 10.1 Å². The molecule has 0 saturated carbocycles. The summed E-state index contributed by atoms with van der Waals surface area (Å²) in [5, 5.41) is 10.7. The number of allylic oxidation sites excluding steroid dienone is 1. The van der Waals surface area contributed by atoms with Crippen molar-refractivity contribution in [3.63, 3.8) is 0 Å². The van der Waals surface area contributed by atoms with Gasteiger partial charge in [-0.3, -0.25) is 14.9 Å². The summed E-state index contributed by atoms with van der Waals surface area (Å²) in [4.78, 5) is 22.7. The minimum absolute atomic E-state index is 0.0143. The zero-order valence-electron chi connectivity index (χ0n) is 14.7. The maximum Gasteiger partial charge on any atom is 0.269 e. The van der Waals surface area contributed by atoms with Crippen molar-refractivity contribution in [2.24, 2.45) is 0 Å². The molecule has 2 aromatic carbocycles. The second-order valence-corrected chi connectivity index (χ2v) is 6.06. The third kappa shape index (κ3) is 3.64. The third-order valence-corrected chi connectivity index (χ3v) is 4.22. The van der Waals surface area contributed by atoms with E-state index in [1.54, 1.807) is 48.5 Å². The van der Waals surface area contributed by atoms with Crippen LogP contribution in [0.4, 0.5) is 5.69 Å². The number of ether oxygens (including phenoxy) is 2. The summed E-state index contributed by atoms with van der Waals surface area (Å²) >= 11 is 0. The van der Waals surface area contributed by atoms with Crippen LogP contribution in [0.15, 0.2) is 65.1 Å². The molecule has 0 N–H and O–H groups in total. The molecular formula is C21H15NO6. The third-order valence-electron chi connectivity index (χ3n) is 4.22. The Labute approximate surface area is 160 Å². The molecule has 140 valence electrons. The first-order chi connectivity index (χ1) is 13.6. The molecule has 0 spiro atoms. The highest BCUT2D eigenvalue weighted by Crippen LogP contribution is 2.31. The highest BCUT2D eigenvalue weighted by Gasteiger charge is 2.14. The number of furan rings is 1. The van der Waals surface area contributed by atoms with Gasteiger partial charge in [-0.15, -0.1) is 0 Å². The SMILES string of the molecule is O=C(/C=C/c1ccc(-c2ccc([N+](=O)[O-])cc2)o1)c1ccc2c(c1)OCCO2. The first-order valence-corrected chi connectivity index (χ1v) is 8.57. The highest BCUT2D eigenvalue weighted by molar-refractivity contribution is 6.07. The summed E-state index contributed by atoms with van der Waals surface area (Å²) in [6, 6.07) is 14.6. The molecule has 1 aromatic heterocycles. The molecule has 0 aliphatic carbocycles. The van der Waals surface area contributed by atoms with Crippen molar-refractivity contribution >= 4 is 17.5 Å². The molecule has 7 heteroatoms. The van der Waals surface area contributed by atoms with Gasteiger partial charge in [0.15, 0.2) is 17.3 Å². The van der Waals surface area contributed by atoms with E-state index in [1.165, 1.54) is 18.2 Å². The van der Waals surface area contributed by atoms with Crippen molar-refractivity contribution in [3.8, 4) is 22.8 Å². The number of nitro benzene ring substituents is 1. The van der Waals surface area contributed by atoms with Crippen molar-refractivity contribution in [1.29, 1.82) is 0 Å². The first kappa shape index (κ1) is 17.5. The van der Waals surface area contributed by atoms with Crippen LogP contribution in [0.3, 0.4) is 0 Å². The number of non-ortho nitro benzene ring substituents is 1. The predicted octanol–water partition coefficient (Wildman–Crippen LogP) is 4.52. The molecule has 0 fully saturated rings. The molecule has 0 amide bonds. The molecule has 0 atom stereocenters. The average molecular weight is 377 g/mol. The summed E-state index contributed by atoms with van der Waals surface area (Å²) in [5.41, 5.74) is 1.21. The van der Waals surface area contributed by atoms with E-state index < -0.39 is 4.92 Å². The summed E-state index contributed by atoms with van der Waals surface area (Å²) in [6.07, 6.45) is 3.00. The number of carbonyl (C=O) groups is 1. The van der Waals surface area contributed by atoms with E-state index in [9.17, 15) is 14.9 Å². The van der Waals surface area contributed by atoms with Gasteiger partial charge in [-0.25, -0.2) is 0 Å². The molecule has 3 aromatic rings. The van der Waals surface area contributed by atoms with E-state index in [0.29, 0.717) is 47.4 Å². The molecule has 1 aliphatic rings. The van der Waals surface area contributed by atoms with Crippen LogP contribution in [-0.4, -0.2) is 23.9 Å². The maximum absolute atomic E-state index is 12.4. The van der Waals surface area contributed by atoms with Gasteiger partial charge in [-0.2, -0.15) is 0 Å². The van der Waals surface area contributed by atoms with Gasteiger partial charge in [-0.05, 0) is 54.6 Å². The van der Waals surface area contributed by atoms with Crippen LogP contribution in [-0.2, 0) is 0 Å². The van der Waals surface area contributed by atoms with Crippen molar-refractivity contribution in [2.75, 3.05) is 13.2 Å². The van der Waals surface area contributed by atoms with E-state index in [4.69, 9.17) is 13.9 Å². The number of nitro groups is 1. The van der Waals surface area contributed by atoms with Gasteiger partial charge in [0, 0.05) is 23.3 Å². The number of rotatable bonds is 5. The molecule has 4 rings (SSSR count). The lowest BCUT2D eigenvalue weighted by molar-refractivity contribution is -0.384. The van der Waals surface area contributed by atoms with Crippen molar-refractivity contribution in [2.45, 2.75) is 0 Å². The number of hydrogen-bond acceptors (Lipinski definition) is 6. The Morgan fingerprint density at radius 2 is 1.71 bits per heavy atom. The molecule has 0 radical (unpaired) electrons. The molecule has 0 bridgehead atoms. The zero-order chi connectivity index (χ0) is 19.5. The lowest BCUT2D eigenvalue weighted by atomic mass is 10.1. The normalized spacial score (nSPS) is 12.9. The van der Waals surface area contributed by atoms with E-state index in [1.807, 2.05) is 0 Å². The minimum atomic E-state index is -0.455. The fourth-order valence-electron chi connectivity index (χ4n) is 2.80. The highest BCUT2D eigenvalue weighted by atomic mass is 16.6. The number of hydrogen-bond donors (Lipinski definition) is 0. The molecule has 0 saturated heterocycles. The van der Waals surface area contributed by atoms with E-state index >= 15 is 0 Å². The van der Waals surface area contributed by atoms with Crippen LogP contribution >= 0.6 is 0 Å². The summed E-state index contributed by atoms with van der Waals surface area (Å²) in [6.45, 7) is 0.952. The lowest BCUT2D eigenvalue weighted by Gasteiger charge is -2.18. The molecular weight excluding hydrogens is 362 g/mol. The van der Waals surface area contributed by atoms with Crippen molar-refractivity contribution in [3.05, 3.63) is 82.1 Å². The Kier molecular flexibility index (Phi) is 4.63. The fourth-order valence-corrected chi connectivity index (χ4v) is 2.80. The van der Waals surface area contributed by atoms with E-state index in [2.05, 4.69) is 0 Å². The first-order valence-electron chi connectivity index (χ1n) is 8.57. The number of fused-ring (bicyclic) bond motifs is 1. The standard InChI is InChI=1S/C21H15NO6/c23-18(15-3-9-20-21(13-15)27-12-11-26-20)8-6-17-7-10-19(28-17)14-1-4-16(5-2-14)22(24)25/h1-10,13H,11-12H2/b8-6+. The topological polar surface area (TPSA) is 91.8 Å². The molecule has 7 nitrogen and oxygen atoms in total. The Balaban J connectivity index is 1.48. The molecule has 1 aliphatic heterocycles. The van der Waals surface area contributed by atoms with E-state index in [-0.39, 0.29) is 11.5 Å². The van der Waals surface area contributed by atoms with Crippen LogP contribution in [0.2, 0.25) is 0 Å². The second-order valence-electron chi connectivity index (χ2n) is 6.06. The van der Waals surface area contributed by atoms with E-state index in [0.717, 1.165) is 0 Å². The quantitative estimate of drug-likeness (QED) is 0.281. The number of nitrogens with zero attached hydrogens (tertiary/aromatic N) is 1. The lowest BCUT2D eigenvalue weighted by Crippen LogP contribution is -2.15. The number of ketones is 1.